The molecule has 27 heavy (non-hydrogen) atoms. The summed E-state index contributed by atoms with van der Waals surface area (Å²) in [4.78, 5) is 18.1. The molecule has 2 rings (SSSR count). The van der Waals surface area contributed by atoms with E-state index in [9.17, 15) is 4.57 Å². The van der Waals surface area contributed by atoms with Gasteiger partial charge in [0, 0.05) is 0 Å². The molecule has 8 nitrogen and oxygen atoms in total. The number of hydrogen-bond acceptors (Lipinski definition) is 6. The molecule has 0 fully saturated rings. The highest BCUT2D eigenvalue weighted by Crippen LogP contribution is 2.42. The normalized spacial score (nSPS) is 11.3. The van der Waals surface area contributed by atoms with Gasteiger partial charge in [0.05, 0.1) is 28.4 Å². The van der Waals surface area contributed by atoms with Crippen LogP contribution in [0.4, 0.5) is 0 Å². The van der Waals surface area contributed by atoms with Gasteiger partial charge in [0.25, 0.3) is 0 Å². The van der Waals surface area contributed by atoms with Crippen LogP contribution in [0.3, 0.4) is 0 Å². The standard InChI is InChI=1S/C18H21O8P/c1-22-14-8-7-12(9-15(14)26-27(19,20)21)5-6-13-10-16(23-2)18(25-4)17(11-13)24-3/h5-11H,1-4H3,(H2,19,20,21)/b6-5+. The minimum absolute atomic E-state index is 0.0575. The van der Waals surface area contributed by atoms with Gasteiger partial charge in [0.2, 0.25) is 5.75 Å². The summed E-state index contributed by atoms with van der Waals surface area (Å²) in [7, 11) is 1.26. The van der Waals surface area contributed by atoms with E-state index in [1.165, 1.54) is 34.5 Å². The number of phosphoric acid groups is 1. The maximum Gasteiger partial charge on any atom is 0.524 e. The number of methoxy groups -OCH3 is 4. The number of ether oxygens (including phenoxy) is 4. The molecule has 0 unspecified atom stereocenters. The molecular weight excluding hydrogens is 375 g/mol. The second kappa shape index (κ2) is 8.81. The third-order valence-corrected chi connectivity index (χ3v) is 3.99. The van der Waals surface area contributed by atoms with Crippen LogP contribution in [0, 0.1) is 0 Å². The highest BCUT2D eigenvalue weighted by atomic mass is 31.2. The summed E-state index contributed by atoms with van der Waals surface area (Å²) in [5.41, 5.74) is 1.42. The molecule has 0 saturated carbocycles. The van der Waals surface area contributed by atoms with Gasteiger partial charge in [-0.15, -0.1) is 0 Å². The molecular formula is C18H21O8P. The molecule has 2 aromatic carbocycles. The second-order valence-electron chi connectivity index (χ2n) is 5.28. The van der Waals surface area contributed by atoms with Crippen LogP contribution < -0.4 is 23.5 Å². The van der Waals surface area contributed by atoms with E-state index in [4.69, 9.17) is 28.7 Å². The molecule has 2 N–H and O–H groups in total. The molecule has 0 saturated heterocycles. The molecule has 0 aliphatic rings. The van der Waals surface area contributed by atoms with E-state index in [0.29, 0.717) is 22.8 Å². The van der Waals surface area contributed by atoms with E-state index >= 15 is 0 Å². The van der Waals surface area contributed by atoms with E-state index in [-0.39, 0.29) is 11.5 Å². The monoisotopic (exact) mass is 396 g/mol. The molecule has 0 aromatic heterocycles. The van der Waals surface area contributed by atoms with Crippen LogP contribution in [0.25, 0.3) is 12.2 Å². The highest BCUT2D eigenvalue weighted by molar-refractivity contribution is 7.46. The maximum absolute atomic E-state index is 11.1. The van der Waals surface area contributed by atoms with Crippen LogP contribution in [0.2, 0.25) is 0 Å². The van der Waals surface area contributed by atoms with Crippen molar-refractivity contribution in [3.05, 3.63) is 41.5 Å². The zero-order valence-electron chi connectivity index (χ0n) is 15.3. The van der Waals surface area contributed by atoms with Gasteiger partial charge in [-0.1, -0.05) is 18.2 Å². The van der Waals surface area contributed by atoms with Gasteiger partial charge < -0.3 is 23.5 Å². The van der Waals surface area contributed by atoms with E-state index < -0.39 is 7.82 Å². The van der Waals surface area contributed by atoms with Gasteiger partial charge >= 0.3 is 7.82 Å². The largest absolute Gasteiger partial charge is 0.524 e. The number of hydrogen-bond donors (Lipinski definition) is 2. The number of phosphoric ester groups is 1. The molecule has 0 radical (unpaired) electrons. The summed E-state index contributed by atoms with van der Waals surface area (Å²) in [6.45, 7) is 0. The minimum atomic E-state index is -4.71. The Balaban J connectivity index is 2.37. The summed E-state index contributed by atoms with van der Waals surface area (Å²) < 4.78 is 36.8. The van der Waals surface area contributed by atoms with Gasteiger partial charge in [0.15, 0.2) is 23.0 Å². The Morgan fingerprint density at radius 2 is 1.26 bits per heavy atom. The van der Waals surface area contributed by atoms with Crippen molar-refractivity contribution < 1.29 is 37.8 Å². The van der Waals surface area contributed by atoms with Crippen molar-refractivity contribution in [3.63, 3.8) is 0 Å². The third kappa shape index (κ3) is 5.40. The van der Waals surface area contributed by atoms with E-state index in [1.54, 1.807) is 36.4 Å². The zero-order valence-corrected chi connectivity index (χ0v) is 16.2. The van der Waals surface area contributed by atoms with Crippen molar-refractivity contribution in [1.82, 2.24) is 0 Å². The first-order valence-electron chi connectivity index (χ1n) is 7.72. The van der Waals surface area contributed by atoms with Crippen molar-refractivity contribution in [2.24, 2.45) is 0 Å². The summed E-state index contributed by atoms with van der Waals surface area (Å²) in [5.74, 6) is 1.66. The maximum atomic E-state index is 11.1. The van der Waals surface area contributed by atoms with Crippen LogP contribution in [-0.4, -0.2) is 38.2 Å². The topological polar surface area (TPSA) is 104 Å². The Bertz CT molecular complexity index is 847. The van der Waals surface area contributed by atoms with Crippen molar-refractivity contribution >= 4 is 20.0 Å². The molecule has 0 spiro atoms. The lowest BCUT2D eigenvalue weighted by atomic mass is 10.1. The predicted octanol–water partition coefficient (Wildman–Crippen LogP) is 3.36. The molecule has 0 heterocycles. The zero-order chi connectivity index (χ0) is 20.0. The lowest BCUT2D eigenvalue weighted by Gasteiger charge is -2.13. The average Bonchev–Trinajstić information content (AvgIpc) is 2.64. The molecule has 0 aliphatic heterocycles. The Morgan fingerprint density at radius 3 is 1.74 bits per heavy atom. The lowest BCUT2D eigenvalue weighted by Crippen LogP contribution is -1.95. The van der Waals surface area contributed by atoms with Gasteiger partial charge in [-0.05, 0) is 35.4 Å². The van der Waals surface area contributed by atoms with Gasteiger partial charge in [-0.3, -0.25) is 9.79 Å². The smallest absolute Gasteiger partial charge is 0.493 e. The fourth-order valence-corrected chi connectivity index (χ4v) is 2.79. The first-order chi connectivity index (χ1) is 12.8. The average molecular weight is 396 g/mol. The first-order valence-corrected chi connectivity index (χ1v) is 9.25. The number of benzene rings is 2. The van der Waals surface area contributed by atoms with Crippen LogP contribution >= 0.6 is 7.82 Å². The van der Waals surface area contributed by atoms with Crippen molar-refractivity contribution in [2.75, 3.05) is 28.4 Å². The van der Waals surface area contributed by atoms with Gasteiger partial charge in [-0.25, -0.2) is 4.57 Å². The van der Waals surface area contributed by atoms with Crippen molar-refractivity contribution in [2.45, 2.75) is 0 Å². The van der Waals surface area contributed by atoms with Gasteiger partial charge in [0.1, 0.15) is 0 Å². The predicted molar refractivity (Wildman–Crippen MR) is 101 cm³/mol. The Morgan fingerprint density at radius 1 is 0.741 bits per heavy atom. The first kappa shape index (κ1) is 20.6. The summed E-state index contributed by atoms with van der Waals surface area (Å²) in [5, 5.41) is 0. The summed E-state index contributed by atoms with van der Waals surface area (Å²) >= 11 is 0. The minimum Gasteiger partial charge on any atom is -0.493 e. The SMILES string of the molecule is COc1ccc(/C=C/c2cc(OC)c(OC)c(OC)c2)cc1OP(=O)(O)O. The quantitative estimate of drug-likeness (QED) is 0.517. The molecule has 0 amide bonds. The lowest BCUT2D eigenvalue weighted by molar-refractivity contribution is 0.276. The van der Waals surface area contributed by atoms with Crippen LogP contribution in [0.1, 0.15) is 11.1 Å². The molecule has 146 valence electrons. The summed E-state index contributed by atoms with van der Waals surface area (Å²) in [6.07, 6.45) is 3.53. The van der Waals surface area contributed by atoms with E-state index in [1.807, 2.05) is 0 Å². The molecule has 9 heteroatoms. The Kier molecular flexibility index (Phi) is 6.74. The van der Waals surface area contributed by atoms with Gasteiger partial charge in [-0.2, -0.15) is 0 Å². The number of rotatable bonds is 8. The molecule has 0 atom stereocenters. The van der Waals surface area contributed by atoms with Crippen molar-refractivity contribution in [1.29, 1.82) is 0 Å². The highest BCUT2D eigenvalue weighted by Gasteiger charge is 2.19. The van der Waals surface area contributed by atoms with E-state index in [2.05, 4.69) is 4.52 Å². The fourth-order valence-electron chi connectivity index (χ4n) is 2.39. The third-order valence-electron chi connectivity index (χ3n) is 3.56. The van der Waals surface area contributed by atoms with Crippen LogP contribution in [0.15, 0.2) is 30.3 Å². The molecule has 0 bridgehead atoms. The summed E-state index contributed by atoms with van der Waals surface area (Å²) in [6, 6.07) is 8.29. The Hall–Kier alpha value is -2.67. The van der Waals surface area contributed by atoms with Crippen molar-refractivity contribution in [3.8, 4) is 28.7 Å². The molecule has 0 aliphatic carbocycles. The fraction of sp³-hybridized carbons (Fsp3) is 0.222. The van der Waals surface area contributed by atoms with Crippen LogP contribution in [-0.2, 0) is 4.57 Å². The Labute approximate surface area is 157 Å². The van der Waals surface area contributed by atoms with E-state index in [0.717, 1.165) is 5.56 Å². The molecule has 2 aromatic rings. The van der Waals surface area contributed by atoms with Crippen LogP contribution in [0.5, 0.6) is 28.7 Å². The second-order valence-corrected chi connectivity index (χ2v) is 6.45.